The molecular weight excluding hydrogens is 211 g/mol. The Morgan fingerprint density at radius 3 is 2.23 bits per heavy atom. The Balaban J connectivity index is 3.16. The lowest BCUT2D eigenvalue weighted by atomic mass is 10.5. The second-order valence-corrected chi connectivity index (χ2v) is 4.15. The molecule has 0 aliphatic heterocycles. The van der Waals surface area contributed by atoms with Gasteiger partial charge in [-0.1, -0.05) is 0 Å². The zero-order chi connectivity index (χ0) is 10.3. The predicted molar refractivity (Wildman–Crippen MR) is 34.6 cm³/mol. The minimum Gasteiger partial charge on any atom is -0.423 e. The van der Waals surface area contributed by atoms with Crippen molar-refractivity contribution in [3.05, 3.63) is 12.0 Å². The van der Waals surface area contributed by atoms with E-state index in [1.165, 1.54) is 0 Å². The molecular formula is C5H4F3NO3S. The number of halogens is 3. The number of oxazole rings is 1. The number of nitrogens with zero attached hydrogens (tertiary/aromatic N) is 1. The van der Waals surface area contributed by atoms with Gasteiger partial charge < -0.3 is 4.42 Å². The molecule has 0 radical (unpaired) electrons. The van der Waals surface area contributed by atoms with Gasteiger partial charge in [-0.05, 0) is 0 Å². The highest BCUT2D eigenvalue weighted by atomic mass is 32.2. The van der Waals surface area contributed by atoms with Crippen LogP contribution in [0.5, 0.6) is 0 Å². The summed E-state index contributed by atoms with van der Waals surface area (Å²) in [6, 6.07) is 0. The predicted octanol–water partition coefficient (Wildman–Crippen LogP) is 1.10. The van der Waals surface area contributed by atoms with Crippen LogP contribution in [-0.2, 0) is 16.0 Å². The van der Waals surface area contributed by atoms with Crippen molar-refractivity contribution >= 4 is 9.84 Å². The number of alkyl halides is 3. The molecule has 0 aliphatic rings. The first-order chi connectivity index (χ1) is 5.71. The van der Waals surface area contributed by atoms with E-state index in [2.05, 4.69) is 9.40 Å². The van der Waals surface area contributed by atoms with Gasteiger partial charge in [0.1, 0.15) is 0 Å². The lowest BCUT2D eigenvalue weighted by Crippen LogP contribution is -2.02. The Kier molecular flexibility index (Phi) is 2.10. The van der Waals surface area contributed by atoms with Gasteiger partial charge in [-0.15, -0.1) is 0 Å². The number of sulfone groups is 1. The third-order valence-electron chi connectivity index (χ3n) is 1.08. The van der Waals surface area contributed by atoms with Gasteiger partial charge in [-0.2, -0.15) is 13.2 Å². The van der Waals surface area contributed by atoms with Crippen molar-refractivity contribution in [2.24, 2.45) is 0 Å². The van der Waals surface area contributed by atoms with E-state index < -0.39 is 27.0 Å². The minimum atomic E-state index is -4.71. The van der Waals surface area contributed by atoms with E-state index in [0.29, 0.717) is 12.5 Å². The van der Waals surface area contributed by atoms with Crippen molar-refractivity contribution in [3.63, 3.8) is 0 Å². The van der Waals surface area contributed by atoms with Gasteiger partial charge >= 0.3 is 11.4 Å². The fourth-order valence-electron chi connectivity index (χ4n) is 0.561. The summed E-state index contributed by atoms with van der Waals surface area (Å²) in [5.41, 5.74) is 0. The Morgan fingerprint density at radius 1 is 1.46 bits per heavy atom. The normalized spacial score (nSPS) is 13.2. The molecule has 4 nitrogen and oxygen atoms in total. The van der Waals surface area contributed by atoms with E-state index in [1.54, 1.807) is 0 Å². The second-order valence-electron chi connectivity index (χ2n) is 2.26. The first-order valence-corrected chi connectivity index (χ1v) is 4.83. The number of hydrogen-bond donors (Lipinski definition) is 0. The minimum absolute atomic E-state index is 0.330. The molecule has 1 aromatic rings. The van der Waals surface area contributed by atoms with E-state index in [0.717, 1.165) is 0 Å². The van der Waals surface area contributed by atoms with Gasteiger partial charge in [0, 0.05) is 6.26 Å². The van der Waals surface area contributed by atoms with Crippen LogP contribution in [0.4, 0.5) is 13.2 Å². The van der Waals surface area contributed by atoms with Crippen LogP contribution >= 0.6 is 0 Å². The van der Waals surface area contributed by atoms with E-state index in [1.807, 2.05) is 0 Å². The Bertz CT molecular complexity index is 405. The van der Waals surface area contributed by atoms with E-state index in [-0.39, 0.29) is 0 Å². The maximum Gasteiger partial charge on any atom is 0.451 e. The van der Waals surface area contributed by atoms with Crippen LogP contribution in [0.2, 0.25) is 0 Å². The molecule has 8 heteroatoms. The average molecular weight is 215 g/mol. The summed E-state index contributed by atoms with van der Waals surface area (Å²) in [5, 5.41) is -0.931. The summed E-state index contributed by atoms with van der Waals surface area (Å²) >= 11 is 0. The van der Waals surface area contributed by atoms with Crippen molar-refractivity contribution in [1.82, 2.24) is 4.98 Å². The largest absolute Gasteiger partial charge is 0.451 e. The first kappa shape index (κ1) is 10.0. The number of hydrogen-bond acceptors (Lipinski definition) is 4. The third kappa shape index (κ3) is 2.20. The number of rotatable bonds is 1. The molecule has 0 atom stereocenters. The Labute approximate surface area is 71.3 Å². The van der Waals surface area contributed by atoms with E-state index in [9.17, 15) is 21.6 Å². The van der Waals surface area contributed by atoms with Crippen LogP contribution in [0.1, 0.15) is 5.76 Å². The highest BCUT2D eigenvalue weighted by molar-refractivity contribution is 7.90. The van der Waals surface area contributed by atoms with Crippen LogP contribution in [0.15, 0.2) is 15.8 Å². The smallest absolute Gasteiger partial charge is 0.423 e. The van der Waals surface area contributed by atoms with Crippen molar-refractivity contribution in [3.8, 4) is 0 Å². The molecule has 1 rings (SSSR count). The highest BCUT2D eigenvalue weighted by Gasteiger charge is 2.36. The van der Waals surface area contributed by atoms with Gasteiger partial charge in [-0.25, -0.2) is 13.4 Å². The van der Waals surface area contributed by atoms with Crippen LogP contribution < -0.4 is 0 Å². The van der Waals surface area contributed by atoms with Crippen LogP contribution in [0.3, 0.4) is 0 Å². The maximum absolute atomic E-state index is 11.9. The van der Waals surface area contributed by atoms with Crippen LogP contribution in [-0.4, -0.2) is 19.7 Å². The van der Waals surface area contributed by atoms with Crippen LogP contribution in [0.25, 0.3) is 0 Å². The Hall–Kier alpha value is -1.05. The van der Waals surface area contributed by atoms with Crippen LogP contribution in [0, 0.1) is 0 Å². The van der Waals surface area contributed by atoms with Gasteiger partial charge in [0.15, 0.2) is 0 Å². The van der Waals surface area contributed by atoms with Crippen molar-refractivity contribution in [1.29, 1.82) is 0 Å². The van der Waals surface area contributed by atoms with Gasteiger partial charge in [0.2, 0.25) is 15.6 Å². The molecule has 0 N–H and O–H groups in total. The zero-order valence-corrected chi connectivity index (χ0v) is 7.11. The van der Waals surface area contributed by atoms with Gasteiger partial charge in [-0.3, -0.25) is 0 Å². The maximum atomic E-state index is 11.9. The quantitative estimate of drug-likeness (QED) is 0.703. The summed E-state index contributed by atoms with van der Waals surface area (Å²) in [7, 11) is -3.82. The molecule has 1 aromatic heterocycles. The van der Waals surface area contributed by atoms with Gasteiger partial charge in [0.25, 0.3) is 0 Å². The van der Waals surface area contributed by atoms with Gasteiger partial charge in [0.05, 0.1) is 6.20 Å². The Morgan fingerprint density at radius 2 is 2.00 bits per heavy atom. The highest BCUT2D eigenvalue weighted by Crippen LogP contribution is 2.30. The topological polar surface area (TPSA) is 60.2 Å². The first-order valence-electron chi connectivity index (χ1n) is 2.94. The van der Waals surface area contributed by atoms with E-state index in [4.69, 9.17) is 0 Å². The summed E-state index contributed by atoms with van der Waals surface area (Å²) in [5.74, 6) is -1.42. The molecule has 0 aliphatic carbocycles. The SMILES string of the molecule is CS(=O)(=O)c1ncc(C(F)(F)F)o1. The lowest BCUT2D eigenvalue weighted by Gasteiger charge is -1.98. The molecule has 0 unspecified atom stereocenters. The fourth-order valence-corrected chi connectivity index (χ4v) is 1.05. The summed E-state index contributed by atoms with van der Waals surface area (Å²) < 4.78 is 60.9. The molecule has 0 saturated heterocycles. The zero-order valence-electron chi connectivity index (χ0n) is 6.29. The lowest BCUT2D eigenvalue weighted by molar-refractivity contribution is -0.154. The standard InChI is InChI=1S/C5H4F3NO3S/c1-13(10,11)4-9-2-3(12-4)5(6,7)8/h2H,1H3. The van der Waals surface area contributed by atoms with Crippen molar-refractivity contribution in [2.45, 2.75) is 11.4 Å². The second kappa shape index (κ2) is 2.72. The molecule has 74 valence electrons. The van der Waals surface area contributed by atoms with Crippen molar-refractivity contribution < 1.29 is 26.0 Å². The van der Waals surface area contributed by atoms with Crippen molar-refractivity contribution in [2.75, 3.05) is 6.26 Å². The van der Waals surface area contributed by atoms with E-state index >= 15 is 0 Å². The fraction of sp³-hybridized carbons (Fsp3) is 0.400. The summed E-state index contributed by atoms with van der Waals surface area (Å²) in [6.45, 7) is 0. The molecule has 1 heterocycles. The molecule has 0 spiro atoms. The molecule has 0 fully saturated rings. The number of aromatic nitrogens is 1. The average Bonchev–Trinajstić information content (AvgIpc) is 2.28. The monoisotopic (exact) mass is 215 g/mol. The molecule has 0 saturated carbocycles. The molecule has 13 heavy (non-hydrogen) atoms. The molecule has 0 amide bonds. The molecule has 0 bridgehead atoms. The molecule has 0 aromatic carbocycles. The third-order valence-corrected chi connectivity index (χ3v) is 1.90. The summed E-state index contributed by atoms with van der Waals surface area (Å²) in [6.07, 6.45) is -3.68. The summed E-state index contributed by atoms with van der Waals surface area (Å²) in [4.78, 5) is 2.98.